The summed E-state index contributed by atoms with van der Waals surface area (Å²) < 4.78 is 18.8. The summed E-state index contributed by atoms with van der Waals surface area (Å²) in [5, 5.41) is 0. The molecule has 2 aromatic rings. The van der Waals surface area contributed by atoms with Crippen molar-refractivity contribution in [3.63, 3.8) is 0 Å². The standard InChI is InChI=1S/C17H15FO3/c1-2-12-3-6-14(7-4-12)16(20)11-21-17-8-5-13(10-19)9-15(17)18/h3-10H,2,11H2,1H3. The van der Waals surface area contributed by atoms with Gasteiger partial charge in [0, 0.05) is 11.1 Å². The molecule has 0 aliphatic heterocycles. The minimum Gasteiger partial charge on any atom is -0.482 e. The van der Waals surface area contributed by atoms with Crippen LogP contribution in [0.3, 0.4) is 0 Å². The minimum atomic E-state index is -0.659. The van der Waals surface area contributed by atoms with Crippen LogP contribution in [0, 0.1) is 5.82 Å². The average Bonchev–Trinajstić information content (AvgIpc) is 2.53. The Bertz CT molecular complexity index is 648. The normalized spacial score (nSPS) is 10.2. The van der Waals surface area contributed by atoms with E-state index < -0.39 is 5.82 Å². The molecule has 4 heteroatoms. The third kappa shape index (κ3) is 3.75. The molecular weight excluding hydrogens is 271 g/mol. The molecule has 3 nitrogen and oxygen atoms in total. The Labute approximate surface area is 122 Å². The highest BCUT2D eigenvalue weighted by Gasteiger charge is 2.10. The van der Waals surface area contributed by atoms with Crippen molar-refractivity contribution >= 4 is 12.1 Å². The van der Waals surface area contributed by atoms with Crippen LogP contribution in [0.15, 0.2) is 42.5 Å². The lowest BCUT2D eigenvalue weighted by Crippen LogP contribution is -2.12. The molecule has 0 heterocycles. The second-order valence-electron chi connectivity index (χ2n) is 4.57. The highest BCUT2D eigenvalue weighted by molar-refractivity contribution is 5.97. The van der Waals surface area contributed by atoms with E-state index in [0.29, 0.717) is 11.8 Å². The molecule has 0 aromatic heterocycles. The van der Waals surface area contributed by atoms with Gasteiger partial charge >= 0.3 is 0 Å². The molecule has 0 aliphatic rings. The number of hydrogen-bond donors (Lipinski definition) is 0. The highest BCUT2D eigenvalue weighted by Crippen LogP contribution is 2.18. The van der Waals surface area contributed by atoms with E-state index in [4.69, 9.17) is 4.74 Å². The fourth-order valence-corrected chi connectivity index (χ4v) is 1.86. The average molecular weight is 286 g/mol. The van der Waals surface area contributed by atoms with Gasteiger partial charge in [0.2, 0.25) is 0 Å². The number of aldehydes is 1. The summed E-state index contributed by atoms with van der Waals surface area (Å²) in [6, 6.07) is 11.1. The summed E-state index contributed by atoms with van der Waals surface area (Å²) in [4.78, 5) is 22.5. The maximum atomic E-state index is 13.6. The number of hydrogen-bond acceptors (Lipinski definition) is 3. The zero-order valence-electron chi connectivity index (χ0n) is 11.6. The molecule has 0 spiro atoms. The van der Waals surface area contributed by atoms with Gasteiger partial charge in [-0.2, -0.15) is 0 Å². The lowest BCUT2D eigenvalue weighted by Gasteiger charge is -2.07. The number of aryl methyl sites for hydroxylation is 1. The van der Waals surface area contributed by atoms with Crippen LogP contribution < -0.4 is 4.74 Å². The summed E-state index contributed by atoms with van der Waals surface area (Å²) in [7, 11) is 0. The van der Waals surface area contributed by atoms with E-state index in [2.05, 4.69) is 0 Å². The molecule has 0 amide bonds. The summed E-state index contributed by atoms with van der Waals surface area (Å²) in [5.74, 6) is -0.927. The van der Waals surface area contributed by atoms with Gasteiger partial charge in [-0.25, -0.2) is 4.39 Å². The maximum absolute atomic E-state index is 13.6. The van der Waals surface area contributed by atoms with Crippen molar-refractivity contribution in [3.8, 4) is 5.75 Å². The van der Waals surface area contributed by atoms with Gasteiger partial charge in [0.25, 0.3) is 0 Å². The van der Waals surface area contributed by atoms with E-state index in [1.807, 2.05) is 19.1 Å². The van der Waals surface area contributed by atoms with Crippen molar-refractivity contribution in [1.82, 2.24) is 0 Å². The highest BCUT2D eigenvalue weighted by atomic mass is 19.1. The van der Waals surface area contributed by atoms with Crippen LogP contribution in [0.5, 0.6) is 5.75 Å². The Morgan fingerprint density at radius 3 is 2.48 bits per heavy atom. The number of rotatable bonds is 6. The van der Waals surface area contributed by atoms with Crippen LogP contribution in [0.1, 0.15) is 33.2 Å². The van der Waals surface area contributed by atoms with Gasteiger partial charge in [0.1, 0.15) is 6.29 Å². The van der Waals surface area contributed by atoms with Crippen LogP contribution in [-0.2, 0) is 6.42 Å². The van der Waals surface area contributed by atoms with Crippen molar-refractivity contribution in [2.24, 2.45) is 0 Å². The molecule has 0 saturated carbocycles. The maximum Gasteiger partial charge on any atom is 0.200 e. The first kappa shape index (κ1) is 14.9. The molecule has 0 bridgehead atoms. The summed E-state index contributed by atoms with van der Waals surface area (Å²) in [6.07, 6.45) is 1.45. The minimum absolute atomic E-state index is 0.0425. The van der Waals surface area contributed by atoms with Crippen LogP contribution in [0.2, 0.25) is 0 Å². The molecule has 2 aromatic carbocycles. The van der Waals surface area contributed by atoms with Crippen LogP contribution in [0.25, 0.3) is 0 Å². The largest absolute Gasteiger partial charge is 0.482 e. The predicted molar refractivity (Wildman–Crippen MR) is 77.4 cm³/mol. The first-order valence-corrected chi connectivity index (χ1v) is 6.63. The second kappa shape index (κ2) is 6.79. The Kier molecular flexibility index (Phi) is 4.82. The van der Waals surface area contributed by atoms with Crippen molar-refractivity contribution in [3.05, 3.63) is 65.0 Å². The van der Waals surface area contributed by atoms with E-state index >= 15 is 0 Å². The van der Waals surface area contributed by atoms with Gasteiger partial charge in [-0.15, -0.1) is 0 Å². The molecular formula is C17H15FO3. The molecule has 108 valence electrons. The predicted octanol–water partition coefficient (Wildman–Crippen LogP) is 3.46. The topological polar surface area (TPSA) is 43.4 Å². The fraction of sp³-hybridized carbons (Fsp3) is 0.176. The number of ketones is 1. The molecule has 2 rings (SSSR count). The molecule has 0 aliphatic carbocycles. The van der Waals surface area contributed by atoms with Crippen molar-refractivity contribution in [2.45, 2.75) is 13.3 Å². The summed E-state index contributed by atoms with van der Waals surface area (Å²) >= 11 is 0. The summed E-state index contributed by atoms with van der Waals surface area (Å²) in [6.45, 7) is 1.79. The van der Waals surface area contributed by atoms with Gasteiger partial charge < -0.3 is 4.74 Å². The number of Topliss-reactive ketones (excluding diaryl/α,β-unsaturated/α-hetero) is 1. The Balaban J connectivity index is 2.01. The summed E-state index contributed by atoms with van der Waals surface area (Å²) in [5.41, 5.74) is 1.89. The van der Waals surface area contributed by atoms with Crippen LogP contribution >= 0.6 is 0 Å². The number of carbonyl (C=O) groups excluding carboxylic acids is 2. The van der Waals surface area contributed by atoms with Gasteiger partial charge in [-0.1, -0.05) is 31.2 Å². The van der Waals surface area contributed by atoms with Gasteiger partial charge in [0.15, 0.2) is 24.0 Å². The number of benzene rings is 2. The Hall–Kier alpha value is -2.49. The van der Waals surface area contributed by atoms with Crippen molar-refractivity contribution in [1.29, 1.82) is 0 Å². The Morgan fingerprint density at radius 2 is 1.90 bits per heavy atom. The number of carbonyl (C=O) groups is 2. The second-order valence-corrected chi connectivity index (χ2v) is 4.57. The lowest BCUT2D eigenvalue weighted by atomic mass is 10.1. The van der Waals surface area contributed by atoms with E-state index in [1.54, 1.807) is 12.1 Å². The molecule has 0 fully saturated rings. The molecule has 21 heavy (non-hydrogen) atoms. The lowest BCUT2D eigenvalue weighted by molar-refractivity contribution is 0.0918. The van der Waals surface area contributed by atoms with Crippen molar-refractivity contribution in [2.75, 3.05) is 6.61 Å². The van der Waals surface area contributed by atoms with E-state index in [-0.39, 0.29) is 23.7 Å². The van der Waals surface area contributed by atoms with Crippen LogP contribution in [0.4, 0.5) is 4.39 Å². The quantitative estimate of drug-likeness (QED) is 0.603. The molecule has 0 unspecified atom stereocenters. The molecule has 0 radical (unpaired) electrons. The molecule has 0 N–H and O–H groups in total. The number of ether oxygens (including phenoxy) is 1. The SMILES string of the molecule is CCc1ccc(C(=O)COc2ccc(C=O)cc2F)cc1. The molecule has 0 atom stereocenters. The van der Waals surface area contributed by atoms with Gasteiger partial charge in [-0.3, -0.25) is 9.59 Å². The van der Waals surface area contributed by atoms with Crippen molar-refractivity contribution < 1.29 is 18.7 Å². The fourth-order valence-electron chi connectivity index (χ4n) is 1.86. The third-order valence-corrected chi connectivity index (χ3v) is 3.13. The zero-order valence-corrected chi connectivity index (χ0v) is 11.6. The van der Waals surface area contributed by atoms with Gasteiger partial charge in [-0.05, 0) is 30.2 Å². The van der Waals surface area contributed by atoms with Gasteiger partial charge in [0.05, 0.1) is 0 Å². The third-order valence-electron chi connectivity index (χ3n) is 3.13. The number of halogens is 1. The first-order chi connectivity index (χ1) is 10.1. The van der Waals surface area contributed by atoms with E-state index in [1.165, 1.54) is 12.1 Å². The zero-order chi connectivity index (χ0) is 15.2. The first-order valence-electron chi connectivity index (χ1n) is 6.63. The van der Waals surface area contributed by atoms with Crippen LogP contribution in [-0.4, -0.2) is 18.7 Å². The molecule has 0 saturated heterocycles. The van der Waals surface area contributed by atoms with E-state index in [9.17, 15) is 14.0 Å². The Morgan fingerprint density at radius 1 is 1.19 bits per heavy atom. The van der Waals surface area contributed by atoms with E-state index in [0.717, 1.165) is 18.1 Å². The smallest absolute Gasteiger partial charge is 0.200 e. The monoisotopic (exact) mass is 286 g/mol.